The average molecular weight is 1260 g/mol. The van der Waals surface area contributed by atoms with Crippen LogP contribution in [0.3, 0.4) is 0 Å². The standard InChI is InChI=1S/C70H121NO18/c1-3-5-7-9-11-13-15-17-18-19-20-21-22-23-24-25-26-27-28-29-30-31-32-33-34-36-37-39-41-43-45-47-54(75)53(71-58(76)48-46-44-42-40-38-35-16-14-12-10-8-6-4-2)52-84-68-64(82)61(79)66(56(50-73)86-68)89-70-65(83)62(80)67(57(51-74)87-70)88-69-63(81)60(78)59(77)55(49-72)85-69/h6,8,12,14,32-33,35,37-39,42,44-45,47,53-57,59-70,72-75,77-83H,3-5,7,9-11,13,15-31,34,36,40-41,43,46,48-52H2,1-2H3,(H,71,76)/b8-6-,14-12-,33-32+,38-35-,39-37+,44-42-,47-45+. The zero-order valence-corrected chi connectivity index (χ0v) is 54.1. The number of aliphatic hydroxyl groups is 11. The summed E-state index contributed by atoms with van der Waals surface area (Å²) in [7, 11) is 0. The maximum atomic E-state index is 13.3. The number of allylic oxidation sites excluding steroid dienone is 13. The van der Waals surface area contributed by atoms with Gasteiger partial charge in [0.25, 0.3) is 0 Å². The Morgan fingerprint density at radius 2 is 0.787 bits per heavy atom. The van der Waals surface area contributed by atoms with Gasteiger partial charge in [-0.05, 0) is 70.6 Å². The second kappa shape index (κ2) is 51.4. The molecule has 514 valence electrons. The van der Waals surface area contributed by atoms with Crippen LogP contribution in [0, 0.1) is 0 Å². The third-order valence-electron chi connectivity index (χ3n) is 16.7. The molecule has 0 saturated carbocycles. The summed E-state index contributed by atoms with van der Waals surface area (Å²) in [4.78, 5) is 13.3. The van der Waals surface area contributed by atoms with Gasteiger partial charge in [0.1, 0.15) is 73.2 Å². The molecule has 3 rings (SSSR count). The Kier molecular flexibility index (Phi) is 46.3. The van der Waals surface area contributed by atoms with Crippen molar-refractivity contribution in [2.45, 2.75) is 324 Å². The Hall–Kier alpha value is -3.03. The molecule has 0 bridgehead atoms. The van der Waals surface area contributed by atoms with Crippen molar-refractivity contribution in [1.29, 1.82) is 0 Å². The molecule has 19 nitrogen and oxygen atoms in total. The van der Waals surface area contributed by atoms with Crippen LogP contribution in [-0.2, 0) is 33.2 Å². The summed E-state index contributed by atoms with van der Waals surface area (Å²) in [5, 5.41) is 120. The fourth-order valence-corrected chi connectivity index (χ4v) is 11.1. The Morgan fingerprint density at radius 3 is 1.25 bits per heavy atom. The summed E-state index contributed by atoms with van der Waals surface area (Å²) < 4.78 is 34.2. The van der Waals surface area contributed by atoms with E-state index in [0.717, 1.165) is 44.9 Å². The molecular weight excluding hydrogens is 1140 g/mol. The van der Waals surface area contributed by atoms with E-state index in [-0.39, 0.29) is 12.3 Å². The number of rotatable bonds is 51. The van der Waals surface area contributed by atoms with E-state index in [9.17, 15) is 61.0 Å². The Morgan fingerprint density at radius 1 is 0.416 bits per heavy atom. The van der Waals surface area contributed by atoms with Crippen LogP contribution in [0.25, 0.3) is 0 Å². The van der Waals surface area contributed by atoms with Gasteiger partial charge < -0.3 is 89.9 Å². The number of amides is 1. The summed E-state index contributed by atoms with van der Waals surface area (Å²) in [6, 6.07) is -1.04. The second-order valence-corrected chi connectivity index (χ2v) is 24.2. The first-order valence-corrected chi connectivity index (χ1v) is 34.3. The fraction of sp³-hybridized carbons (Fsp3) is 0.786. The predicted octanol–water partition coefficient (Wildman–Crippen LogP) is 8.71. The van der Waals surface area contributed by atoms with Crippen LogP contribution >= 0.6 is 0 Å². The van der Waals surface area contributed by atoms with Gasteiger partial charge in [-0.3, -0.25) is 4.79 Å². The number of hydrogen-bond donors (Lipinski definition) is 12. The Balaban J connectivity index is 1.43. The van der Waals surface area contributed by atoms with Crippen LogP contribution in [0.4, 0.5) is 0 Å². The molecule has 17 atom stereocenters. The molecule has 3 fully saturated rings. The lowest BCUT2D eigenvalue weighted by atomic mass is 9.96. The van der Waals surface area contributed by atoms with E-state index < -0.39 is 131 Å². The molecule has 0 aliphatic carbocycles. The summed E-state index contributed by atoms with van der Waals surface area (Å²) >= 11 is 0. The first-order chi connectivity index (χ1) is 43.3. The van der Waals surface area contributed by atoms with E-state index >= 15 is 0 Å². The quantitative estimate of drug-likeness (QED) is 0.0200. The summed E-state index contributed by atoms with van der Waals surface area (Å²) in [5.74, 6) is -0.372. The highest BCUT2D eigenvalue weighted by Crippen LogP contribution is 2.33. The monoisotopic (exact) mass is 1260 g/mol. The number of nitrogens with one attached hydrogen (secondary N) is 1. The van der Waals surface area contributed by atoms with Crippen molar-refractivity contribution >= 4 is 5.91 Å². The van der Waals surface area contributed by atoms with Crippen molar-refractivity contribution in [3.05, 3.63) is 85.1 Å². The van der Waals surface area contributed by atoms with E-state index in [0.29, 0.717) is 19.3 Å². The predicted molar refractivity (Wildman–Crippen MR) is 346 cm³/mol. The highest BCUT2D eigenvalue weighted by Gasteiger charge is 2.53. The van der Waals surface area contributed by atoms with Gasteiger partial charge in [0.2, 0.25) is 5.91 Å². The van der Waals surface area contributed by atoms with Crippen LogP contribution < -0.4 is 5.32 Å². The molecule has 3 aliphatic heterocycles. The molecule has 12 N–H and O–H groups in total. The largest absolute Gasteiger partial charge is 0.394 e. The van der Waals surface area contributed by atoms with E-state index in [1.54, 1.807) is 6.08 Å². The number of carbonyl (C=O) groups excluding carboxylic acids is 1. The maximum absolute atomic E-state index is 13.3. The van der Waals surface area contributed by atoms with Crippen LogP contribution in [-0.4, -0.2) is 193 Å². The van der Waals surface area contributed by atoms with Gasteiger partial charge in [0, 0.05) is 6.42 Å². The number of carbonyl (C=O) groups is 1. The molecule has 1 amide bonds. The van der Waals surface area contributed by atoms with Crippen LogP contribution in [0.2, 0.25) is 0 Å². The van der Waals surface area contributed by atoms with Gasteiger partial charge in [-0.1, -0.05) is 227 Å². The van der Waals surface area contributed by atoms with Gasteiger partial charge in [0.15, 0.2) is 18.9 Å². The van der Waals surface area contributed by atoms with Crippen molar-refractivity contribution in [3.8, 4) is 0 Å². The van der Waals surface area contributed by atoms with Crippen molar-refractivity contribution in [3.63, 3.8) is 0 Å². The highest BCUT2D eigenvalue weighted by molar-refractivity contribution is 5.76. The lowest BCUT2D eigenvalue weighted by Crippen LogP contribution is -2.66. The summed E-state index contributed by atoms with van der Waals surface area (Å²) in [5.41, 5.74) is 0. The molecule has 3 heterocycles. The van der Waals surface area contributed by atoms with Crippen LogP contribution in [0.1, 0.15) is 219 Å². The third-order valence-corrected chi connectivity index (χ3v) is 16.7. The molecule has 3 aliphatic rings. The fourth-order valence-electron chi connectivity index (χ4n) is 11.1. The number of ether oxygens (including phenoxy) is 6. The molecule has 89 heavy (non-hydrogen) atoms. The number of unbranched alkanes of at least 4 members (excludes halogenated alkanes) is 23. The number of aliphatic hydroxyl groups excluding tert-OH is 11. The van der Waals surface area contributed by atoms with E-state index in [1.165, 1.54) is 135 Å². The molecule has 0 radical (unpaired) electrons. The third kappa shape index (κ3) is 33.6. The lowest BCUT2D eigenvalue weighted by molar-refractivity contribution is -0.379. The lowest BCUT2D eigenvalue weighted by Gasteiger charge is -2.48. The zero-order chi connectivity index (χ0) is 64.7. The zero-order valence-electron chi connectivity index (χ0n) is 54.1. The average Bonchev–Trinajstić information content (AvgIpc) is 2.38. The SMILES string of the molecule is CC/C=C\C/C=C\C/C=C\C/C=C\CCC(=O)NC(COC1OC(CO)C(OC2OC(CO)C(OC3OC(CO)C(O)C(O)C3O)C(O)C2O)C(O)C1O)C(O)/C=C/CC/C=C/CC/C=C/CCCCCCCCCCCCCCCCCCCCCCC. The molecule has 0 aromatic rings. The van der Waals surface area contributed by atoms with Crippen molar-refractivity contribution in [1.82, 2.24) is 5.32 Å². The summed E-state index contributed by atoms with van der Waals surface area (Å²) in [6.07, 6.45) is 39.0. The number of hydrogen-bond acceptors (Lipinski definition) is 18. The van der Waals surface area contributed by atoms with Gasteiger partial charge in [-0.25, -0.2) is 0 Å². The van der Waals surface area contributed by atoms with Gasteiger partial charge in [0.05, 0.1) is 38.6 Å². The summed E-state index contributed by atoms with van der Waals surface area (Å²) in [6.45, 7) is 1.52. The van der Waals surface area contributed by atoms with E-state index in [2.05, 4.69) is 79.9 Å². The normalized spacial score (nSPS) is 28.8. The first kappa shape index (κ1) is 80.2. The van der Waals surface area contributed by atoms with Crippen molar-refractivity contribution < 1.29 is 89.4 Å². The Bertz CT molecular complexity index is 1940. The highest BCUT2D eigenvalue weighted by atomic mass is 16.8. The topological polar surface area (TPSA) is 307 Å². The Labute approximate surface area is 533 Å². The first-order valence-electron chi connectivity index (χ1n) is 34.3. The van der Waals surface area contributed by atoms with Crippen molar-refractivity contribution in [2.24, 2.45) is 0 Å². The molecule has 17 unspecified atom stereocenters. The molecule has 3 saturated heterocycles. The van der Waals surface area contributed by atoms with Gasteiger partial charge in [-0.15, -0.1) is 0 Å². The van der Waals surface area contributed by atoms with E-state index in [4.69, 9.17) is 28.4 Å². The maximum Gasteiger partial charge on any atom is 0.220 e. The molecule has 0 aromatic heterocycles. The minimum atomic E-state index is -1.99. The molecule has 19 heteroatoms. The van der Waals surface area contributed by atoms with Gasteiger partial charge in [-0.2, -0.15) is 0 Å². The van der Waals surface area contributed by atoms with Crippen LogP contribution in [0.5, 0.6) is 0 Å². The van der Waals surface area contributed by atoms with Crippen molar-refractivity contribution in [2.75, 3.05) is 26.4 Å². The molecule has 0 spiro atoms. The minimum absolute atomic E-state index is 0.106. The minimum Gasteiger partial charge on any atom is -0.394 e. The van der Waals surface area contributed by atoms with Gasteiger partial charge >= 0.3 is 0 Å². The van der Waals surface area contributed by atoms with E-state index in [1.807, 2.05) is 18.2 Å². The molecule has 0 aromatic carbocycles. The second-order valence-electron chi connectivity index (χ2n) is 24.2. The molecular formula is C70H121NO18. The smallest absolute Gasteiger partial charge is 0.220 e. The van der Waals surface area contributed by atoms with Crippen LogP contribution in [0.15, 0.2) is 85.1 Å².